The fraction of sp³-hybridized carbons (Fsp3) is 0.300. The summed E-state index contributed by atoms with van der Waals surface area (Å²) in [6, 6.07) is 6.73. The van der Waals surface area contributed by atoms with Crippen molar-refractivity contribution in [2.45, 2.75) is 6.42 Å². The first-order chi connectivity index (χ1) is 8.44. The van der Waals surface area contributed by atoms with Crippen molar-refractivity contribution in [1.82, 2.24) is 5.32 Å². The number of benzene rings is 1. The fourth-order valence-electron chi connectivity index (χ4n) is 1.38. The van der Waals surface area contributed by atoms with E-state index in [1.54, 1.807) is 24.3 Å². The van der Waals surface area contributed by atoms with Crippen LogP contribution in [0.2, 0.25) is 0 Å². The molecule has 0 heterocycles. The molecule has 0 atom stereocenters. The lowest BCUT2D eigenvalue weighted by atomic mass is 10.1. The highest BCUT2D eigenvalue weighted by atomic mass is 32.2. The molecule has 0 saturated heterocycles. The molecule has 0 spiro atoms. The van der Waals surface area contributed by atoms with Gasteiger partial charge in [0.25, 0.3) is 5.91 Å². The first-order valence-corrected chi connectivity index (χ1v) is 7.00. The van der Waals surface area contributed by atoms with Gasteiger partial charge in [0, 0.05) is 6.54 Å². The van der Waals surface area contributed by atoms with Crippen LogP contribution in [0.1, 0.15) is 16.8 Å². The van der Waals surface area contributed by atoms with Gasteiger partial charge in [-0.1, -0.05) is 12.1 Å². The molecule has 0 aromatic heterocycles. The van der Waals surface area contributed by atoms with Gasteiger partial charge in [-0.3, -0.25) is 10.6 Å². The van der Waals surface area contributed by atoms with E-state index in [0.29, 0.717) is 11.3 Å². The zero-order chi connectivity index (χ0) is 13.6. The van der Waals surface area contributed by atoms with Crippen molar-refractivity contribution in [1.29, 1.82) is 0 Å². The first kappa shape index (κ1) is 14.4. The maximum absolute atomic E-state index is 11.8. The number of nitrogens with two attached hydrogens (primary N) is 2. The van der Waals surface area contributed by atoms with E-state index in [1.807, 2.05) is 0 Å². The lowest BCUT2D eigenvalue weighted by Gasteiger charge is -2.09. The minimum Gasteiger partial charge on any atom is -0.352 e. The number of hydrogen-bond acceptors (Lipinski definition) is 5. The highest BCUT2D eigenvalue weighted by molar-refractivity contribution is 7.89. The summed E-state index contributed by atoms with van der Waals surface area (Å²) in [5, 5.41) is 7.43. The summed E-state index contributed by atoms with van der Waals surface area (Å²) in [6.07, 6.45) is 0.267. The third-order valence-corrected chi connectivity index (χ3v) is 3.08. The van der Waals surface area contributed by atoms with Gasteiger partial charge in [0.1, 0.15) is 0 Å². The maximum Gasteiger partial charge on any atom is 0.253 e. The summed E-state index contributed by atoms with van der Waals surface area (Å²) >= 11 is 0. The smallest absolute Gasteiger partial charge is 0.253 e. The van der Waals surface area contributed by atoms with E-state index >= 15 is 0 Å². The number of hydrogen-bond donors (Lipinski definition) is 4. The van der Waals surface area contributed by atoms with Crippen LogP contribution in [0.15, 0.2) is 24.3 Å². The average Bonchev–Trinajstić information content (AvgIpc) is 2.33. The van der Waals surface area contributed by atoms with Gasteiger partial charge >= 0.3 is 0 Å². The molecule has 0 unspecified atom stereocenters. The van der Waals surface area contributed by atoms with Gasteiger partial charge < -0.3 is 10.7 Å². The number of amides is 1. The van der Waals surface area contributed by atoms with Crippen LogP contribution in [-0.4, -0.2) is 26.6 Å². The molecular weight excluding hydrogens is 256 g/mol. The number of hydrazine groups is 1. The Kier molecular flexibility index (Phi) is 5.08. The summed E-state index contributed by atoms with van der Waals surface area (Å²) in [6.45, 7) is 0.230. The van der Waals surface area contributed by atoms with E-state index in [0.717, 1.165) is 0 Å². The molecule has 0 aliphatic carbocycles. The summed E-state index contributed by atoms with van der Waals surface area (Å²) in [5.41, 5.74) is 3.31. The van der Waals surface area contributed by atoms with Gasteiger partial charge in [-0.05, 0) is 18.6 Å². The molecule has 100 valence electrons. The van der Waals surface area contributed by atoms with Crippen LogP contribution in [0, 0.1) is 0 Å². The van der Waals surface area contributed by atoms with Crippen LogP contribution in [0.3, 0.4) is 0 Å². The Morgan fingerprint density at radius 1 is 1.28 bits per heavy atom. The monoisotopic (exact) mass is 272 g/mol. The molecule has 0 radical (unpaired) electrons. The predicted octanol–water partition coefficient (Wildman–Crippen LogP) is -0.619. The molecule has 18 heavy (non-hydrogen) atoms. The number of rotatable bonds is 6. The molecule has 0 fully saturated rings. The van der Waals surface area contributed by atoms with Crippen molar-refractivity contribution in [2.24, 2.45) is 11.0 Å². The number of anilines is 1. The minimum absolute atomic E-state index is 0.163. The third-order valence-electron chi connectivity index (χ3n) is 2.22. The average molecular weight is 272 g/mol. The summed E-state index contributed by atoms with van der Waals surface area (Å²) < 4.78 is 21.4. The number of para-hydroxylation sites is 1. The normalized spacial score (nSPS) is 11.0. The molecule has 8 heteroatoms. The Labute approximate surface area is 106 Å². The van der Waals surface area contributed by atoms with Crippen molar-refractivity contribution >= 4 is 21.6 Å². The number of carbonyl (C=O) groups excluding carboxylic acids is 1. The molecule has 0 bridgehead atoms. The predicted molar refractivity (Wildman–Crippen MR) is 69.2 cm³/mol. The van der Waals surface area contributed by atoms with E-state index in [4.69, 9.17) is 11.0 Å². The van der Waals surface area contributed by atoms with E-state index in [1.165, 1.54) is 0 Å². The van der Waals surface area contributed by atoms with Gasteiger partial charge in [0.2, 0.25) is 10.0 Å². The molecule has 7 nitrogen and oxygen atoms in total. The van der Waals surface area contributed by atoms with Crippen LogP contribution in [-0.2, 0) is 10.0 Å². The molecule has 0 saturated carbocycles. The summed E-state index contributed by atoms with van der Waals surface area (Å²) in [5.74, 6) is 4.79. The van der Waals surface area contributed by atoms with Crippen molar-refractivity contribution in [2.75, 3.05) is 17.7 Å². The van der Waals surface area contributed by atoms with Gasteiger partial charge in [-0.25, -0.2) is 13.6 Å². The van der Waals surface area contributed by atoms with Crippen LogP contribution >= 0.6 is 0 Å². The van der Waals surface area contributed by atoms with Gasteiger partial charge in [0.05, 0.1) is 17.0 Å². The number of nitrogens with one attached hydrogen (secondary N) is 2. The third kappa shape index (κ3) is 4.70. The Morgan fingerprint density at radius 2 is 1.94 bits per heavy atom. The minimum atomic E-state index is -3.48. The van der Waals surface area contributed by atoms with Gasteiger partial charge in [0.15, 0.2) is 0 Å². The molecule has 0 aliphatic heterocycles. The Morgan fingerprint density at radius 3 is 2.56 bits per heavy atom. The highest BCUT2D eigenvalue weighted by Gasteiger charge is 2.09. The molecule has 6 N–H and O–H groups in total. The highest BCUT2D eigenvalue weighted by Crippen LogP contribution is 2.12. The van der Waals surface area contributed by atoms with Crippen LogP contribution in [0.5, 0.6) is 0 Å². The van der Waals surface area contributed by atoms with Crippen molar-refractivity contribution < 1.29 is 13.2 Å². The molecule has 1 rings (SSSR count). The molecule has 1 aromatic carbocycles. The SMILES string of the molecule is NNc1ccccc1C(=O)NCCCS(N)(=O)=O. The van der Waals surface area contributed by atoms with Gasteiger partial charge in [-0.2, -0.15) is 0 Å². The zero-order valence-corrected chi connectivity index (χ0v) is 10.5. The number of sulfonamides is 1. The largest absolute Gasteiger partial charge is 0.352 e. The van der Waals surface area contributed by atoms with Gasteiger partial charge in [-0.15, -0.1) is 0 Å². The summed E-state index contributed by atoms with van der Waals surface area (Å²) in [7, 11) is -3.48. The van der Waals surface area contributed by atoms with Crippen molar-refractivity contribution in [3.63, 3.8) is 0 Å². The quantitative estimate of drug-likeness (QED) is 0.312. The summed E-state index contributed by atoms with van der Waals surface area (Å²) in [4.78, 5) is 11.8. The molecule has 1 aromatic rings. The first-order valence-electron chi connectivity index (χ1n) is 5.28. The Balaban J connectivity index is 2.51. The lowest BCUT2D eigenvalue weighted by Crippen LogP contribution is -2.28. The molecule has 0 aliphatic rings. The van der Waals surface area contributed by atoms with Crippen LogP contribution in [0.25, 0.3) is 0 Å². The fourth-order valence-corrected chi connectivity index (χ4v) is 1.92. The van der Waals surface area contributed by atoms with Crippen molar-refractivity contribution in [3.05, 3.63) is 29.8 Å². The van der Waals surface area contributed by atoms with Crippen molar-refractivity contribution in [3.8, 4) is 0 Å². The van der Waals surface area contributed by atoms with E-state index in [2.05, 4.69) is 10.7 Å². The zero-order valence-electron chi connectivity index (χ0n) is 9.72. The standard InChI is InChI=1S/C10H16N4O3S/c11-14-9-5-2-1-4-8(9)10(15)13-6-3-7-18(12,16)17/h1-2,4-5,14H,3,6-7,11H2,(H,13,15)(H2,12,16,17). The number of primary sulfonamides is 1. The second-order valence-electron chi connectivity index (χ2n) is 3.67. The lowest BCUT2D eigenvalue weighted by molar-refractivity contribution is 0.0954. The molecule has 1 amide bonds. The van der Waals surface area contributed by atoms with Crippen LogP contribution < -0.4 is 21.7 Å². The maximum atomic E-state index is 11.8. The van der Waals surface area contributed by atoms with E-state index < -0.39 is 10.0 Å². The number of carbonyl (C=O) groups is 1. The van der Waals surface area contributed by atoms with Crippen LogP contribution in [0.4, 0.5) is 5.69 Å². The number of nitrogen functional groups attached to an aromatic ring is 1. The second-order valence-corrected chi connectivity index (χ2v) is 5.40. The topological polar surface area (TPSA) is 127 Å². The Hall–Kier alpha value is -1.64. The molecular formula is C10H16N4O3S. The van der Waals surface area contributed by atoms with E-state index in [9.17, 15) is 13.2 Å². The van der Waals surface area contributed by atoms with E-state index in [-0.39, 0.29) is 24.6 Å². The Bertz CT molecular complexity index is 516. The second kappa shape index (κ2) is 6.34.